The molecule has 25 heavy (non-hydrogen) atoms. The molecule has 0 saturated carbocycles. The van der Waals surface area contributed by atoms with Crippen LogP contribution in [-0.2, 0) is 6.54 Å². The van der Waals surface area contributed by atoms with E-state index in [4.69, 9.17) is 5.26 Å². The van der Waals surface area contributed by atoms with Gasteiger partial charge in [-0.25, -0.2) is 4.68 Å². The predicted octanol–water partition coefficient (Wildman–Crippen LogP) is 3.67. The van der Waals surface area contributed by atoms with Gasteiger partial charge in [0.25, 0.3) is 5.78 Å². The summed E-state index contributed by atoms with van der Waals surface area (Å²) >= 11 is 0.724. The Morgan fingerprint density at radius 2 is 1.92 bits per heavy atom. The number of alkyl halides is 3. The van der Waals surface area contributed by atoms with Gasteiger partial charge in [0.2, 0.25) is 0 Å². The van der Waals surface area contributed by atoms with E-state index in [2.05, 4.69) is 10.3 Å². The molecule has 0 aliphatic heterocycles. The molecule has 2 aromatic heterocycles. The molecular formula is C16H9F3N4OS. The maximum Gasteiger partial charge on any atom is 0.455 e. The van der Waals surface area contributed by atoms with E-state index in [0.29, 0.717) is 22.7 Å². The molecule has 0 N–H and O–H groups in total. The van der Waals surface area contributed by atoms with E-state index in [9.17, 15) is 18.0 Å². The molecule has 0 fully saturated rings. The minimum absolute atomic E-state index is 0.385. The number of aromatic nitrogens is 3. The van der Waals surface area contributed by atoms with Gasteiger partial charge in [0, 0.05) is 0 Å². The van der Waals surface area contributed by atoms with Crippen molar-refractivity contribution < 1.29 is 18.0 Å². The fraction of sp³-hybridized carbons (Fsp3) is 0.125. The molecular weight excluding hydrogens is 353 g/mol. The molecule has 0 bridgehead atoms. The van der Waals surface area contributed by atoms with Gasteiger partial charge in [0.1, 0.15) is 5.69 Å². The molecule has 0 radical (unpaired) electrons. The van der Waals surface area contributed by atoms with Gasteiger partial charge < -0.3 is 0 Å². The molecule has 3 rings (SSSR count). The molecule has 0 spiro atoms. The summed E-state index contributed by atoms with van der Waals surface area (Å²) in [5.41, 5.74) is 1.83. The molecule has 0 unspecified atom stereocenters. The Morgan fingerprint density at radius 3 is 2.56 bits per heavy atom. The van der Waals surface area contributed by atoms with Crippen LogP contribution in [0.2, 0.25) is 0 Å². The van der Waals surface area contributed by atoms with Crippen LogP contribution >= 0.6 is 11.3 Å². The van der Waals surface area contributed by atoms with Crippen molar-refractivity contribution in [1.29, 1.82) is 5.26 Å². The van der Waals surface area contributed by atoms with Crippen LogP contribution in [0.15, 0.2) is 42.6 Å². The molecule has 0 aliphatic rings. The average Bonchev–Trinajstić information content (AvgIpc) is 3.23. The lowest BCUT2D eigenvalue weighted by Crippen LogP contribution is -2.21. The first-order valence-corrected chi connectivity index (χ1v) is 7.79. The zero-order chi connectivity index (χ0) is 18.0. The minimum atomic E-state index is -4.89. The average molecular weight is 362 g/mol. The second kappa shape index (κ2) is 6.49. The number of hydrogen-bond donors (Lipinski definition) is 0. The molecule has 9 heteroatoms. The summed E-state index contributed by atoms with van der Waals surface area (Å²) < 4.78 is 38.9. The summed E-state index contributed by atoms with van der Waals surface area (Å²) in [7, 11) is 0. The fourth-order valence-corrected chi connectivity index (χ4v) is 3.01. The number of rotatable bonds is 4. The molecule has 0 atom stereocenters. The zero-order valence-electron chi connectivity index (χ0n) is 12.5. The number of nitrogens with zero attached hydrogens (tertiary/aromatic N) is 4. The normalized spacial score (nSPS) is 11.3. The molecule has 5 nitrogen and oxygen atoms in total. The summed E-state index contributed by atoms with van der Waals surface area (Å²) in [5, 5.41) is 16.6. The number of nitriles is 1. The third kappa shape index (κ3) is 3.75. The topological polar surface area (TPSA) is 71.6 Å². The Bertz CT molecular complexity index is 951. The Kier molecular flexibility index (Phi) is 4.37. The lowest BCUT2D eigenvalue weighted by atomic mass is 10.1. The number of thiophene rings is 1. The van der Waals surface area contributed by atoms with Crippen LogP contribution < -0.4 is 0 Å². The van der Waals surface area contributed by atoms with Crippen molar-refractivity contribution in [1.82, 2.24) is 15.0 Å². The van der Waals surface area contributed by atoms with Gasteiger partial charge in [-0.2, -0.15) is 18.4 Å². The molecule has 0 amide bonds. The van der Waals surface area contributed by atoms with E-state index in [1.807, 2.05) is 6.07 Å². The first-order chi connectivity index (χ1) is 11.9. The Balaban J connectivity index is 1.76. The van der Waals surface area contributed by atoms with E-state index < -0.39 is 12.0 Å². The van der Waals surface area contributed by atoms with E-state index in [0.717, 1.165) is 23.0 Å². The summed E-state index contributed by atoms with van der Waals surface area (Å²) in [4.78, 5) is 11.3. The van der Waals surface area contributed by atoms with Crippen molar-refractivity contribution in [3.8, 4) is 16.6 Å². The number of carbonyl (C=O) groups excluding carboxylic acids is 1. The Hall–Kier alpha value is -2.99. The zero-order valence-corrected chi connectivity index (χ0v) is 13.3. The van der Waals surface area contributed by atoms with Crippen LogP contribution in [0, 0.1) is 11.3 Å². The first-order valence-electron chi connectivity index (χ1n) is 6.98. The Morgan fingerprint density at radius 1 is 1.20 bits per heavy atom. The lowest BCUT2D eigenvalue weighted by molar-refractivity contribution is -0.0882. The van der Waals surface area contributed by atoms with Gasteiger partial charge >= 0.3 is 6.18 Å². The number of Topliss-reactive ketones (excluding diaryl/α,β-unsaturated/α-hetero) is 1. The van der Waals surface area contributed by atoms with Crippen LogP contribution in [0.25, 0.3) is 10.6 Å². The molecule has 3 aromatic rings. The maximum absolute atomic E-state index is 12.5. The number of benzene rings is 1. The van der Waals surface area contributed by atoms with Crippen molar-refractivity contribution in [2.75, 3.05) is 0 Å². The highest BCUT2D eigenvalue weighted by Gasteiger charge is 2.40. The smallest absolute Gasteiger partial charge is 0.283 e. The van der Waals surface area contributed by atoms with Crippen LogP contribution in [0.5, 0.6) is 0 Å². The number of hydrogen-bond acceptors (Lipinski definition) is 5. The largest absolute Gasteiger partial charge is 0.455 e. The number of halogens is 3. The molecule has 1 aromatic carbocycles. The van der Waals surface area contributed by atoms with Crippen LogP contribution in [-0.4, -0.2) is 27.0 Å². The monoisotopic (exact) mass is 362 g/mol. The lowest BCUT2D eigenvalue weighted by Gasteiger charge is -2.01. The third-order valence-electron chi connectivity index (χ3n) is 3.31. The van der Waals surface area contributed by atoms with Crippen LogP contribution in [0.3, 0.4) is 0 Å². The quantitative estimate of drug-likeness (QED) is 0.664. The molecule has 0 saturated heterocycles. The minimum Gasteiger partial charge on any atom is -0.283 e. The Labute approximate surface area is 143 Å². The van der Waals surface area contributed by atoms with Gasteiger partial charge in [0.15, 0.2) is 0 Å². The maximum atomic E-state index is 12.5. The summed E-state index contributed by atoms with van der Waals surface area (Å²) in [6, 6.07) is 11.5. The molecule has 126 valence electrons. The highest BCUT2D eigenvalue weighted by Crippen LogP contribution is 2.31. The van der Waals surface area contributed by atoms with Crippen LogP contribution in [0.4, 0.5) is 13.2 Å². The standard InChI is InChI=1S/C16H9F3N4OS/c17-16(18,19)15(24)14-6-5-13(25-14)12-9-23(22-21-12)8-11-3-1-10(7-20)2-4-11/h1-6,9H,8H2. The second-order valence-corrected chi connectivity index (χ2v) is 6.18. The van der Waals surface area contributed by atoms with Crippen molar-refractivity contribution in [2.24, 2.45) is 0 Å². The van der Waals surface area contributed by atoms with Gasteiger partial charge in [-0.3, -0.25) is 4.79 Å². The summed E-state index contributed by atoms with van der Waals surface area (Å²) in [6.45, 7) is 0.401. The van der Waals surface area contributed by atoms with Crippen molar-refractivity contribution in [2.45, 2.75) is 12.7 Å². The highest BCUT2D eigenvalue weighted by atomic mass is 32.1. The third-order valence-corrected chi connectivity index (χ3v) is 4.41. The molecule has 0 aliphatic carbocycles. The van der Waals surface area contributed by atoms with E-state index in [-0.39, 0.29) is 4.88 Å². The number of ketones is 1. The van der Waals surface area contributed by atoms with E-state index in [1.165, 1.54) is 10.7 Å². The summed E-state index contributed by atoms with van der Waals surface area (Å²) in [6.07, 6.45) is -3.30. The summed E-state index contributed by atoms with van der Waals surface area (Å²) in [5.74, 6) is -1.87. The van der Waals surface area contributed by atoms with Gasteiger partial charge in [-0.15, -0.1) is 16.4 Å². The van der Waals surface area contributed by atoms with E-state index >= 15 is 0 Å². The van der Waals surface area contributed by atoms with Crippen LogP contribution in [0.1, 0.15) is 20.8 Å². The number of carbonyl (C=O) groups is 1. The van der Waals surface area contributed by atoms with Gasteiger partial charge in [-0.05, 0) is 29.8 Å². The predicted molar refractivity (Wildman–Crippen MR) is 84.0 cm³/mol. The fourth-order valence-electron chi connectivity index (χ4n) is 2.10. The SMILES string of the molecule is N#Cc1ccc(Cn2cc(-c3ccc(C(=O)C(F)(F)F)s3)nn2)cc1. The van der Waals surface area contributed by atoms with E-state index in [1.54, 1.807) is 30.5 Å². The first kappa shape index (κ1) is 16.9. The van der Waals surface area contributed by atoms with Crippen molar-refractivity contribution >= 4 is 17.1 Å². The second-order valence-electron chi connectivity index (χ2n) is 5.10. The highest BCUT2D eigenvalue weighted by molar-refractivity contribution is 7.17. The molecule has 2 heterocycles. The van der Waals surface area contributed by atoms with Gasteiger partial charge in [-0.1, -0.05) is 17.3 Å². The van der Waals surface area contributed by atoms with Crippen molar-refractivity contribution in [3.63, 3.8) is 0 Å². The van der Waals surface area contributed by atoms with Crippen molar-refractivity contribution in [3.05, 3.63) is 58.6 Å². The van der Waals surface area contributed by atoms with Gasteiger partial charge in [0.05, 0.1) is 34.1 Å².